The lowest BCUT2D eigenvalue weighted by Gasteiger charge is -2.38. The first-order valence-corrected chi connectivity index (χ1v) is 13.4. The number of anilines is 2. The number of piperidine rings is 2. The highest BCUT2D eigenvalue weighted by molar-refractivity contribution is 5.60. The van der Waals surface area contributed by atoms with E-state index in [1.54, 1.807) is 0 Å². The Morgan fingerprint density at radius 3 is 2.57 bits per heavy atom. The number of hydrogen-bond donors (Lipinski definition) is 2. The molecule has 2 atom stereocenters. The molecule has 2 N–H and O–H groups in total. The van der Waals surface area contributed by atoms with Crippen molar-refractivity contribution < 1.29 is 18.3 Å². The van der Waals surface area contributed by atoms with Crippen molar-refractivity contribution in [1.29, 1.82) is 0 Å². The van der Waals surface area contributed by atoms with Crippen molar-refractivity contribution in [2.24, 2.45) is 11.8 Å². The Labute approximate surface area is 216 Å². The van der Waals surface area contributed by atoms with Crippen LogP contribution in [-0.2, 0) is 0 Å². The van der Waals surface area contributed by atoms with E-state index in [9.17, 15) is 13.9 Å². The molecule has 3 aliphatic heterocycles. The second-order valence-electron chi connectivity index (χ2n) is 10.7. The fourth-order valence-corrected chi connectivity index (χ4v) is 6.36. The fourth-order valence-electron chi connectivity index (χ4n) is 6.36. The number of benzene rings is 2. The summed E-state index contributed by atoms with van der Waals surface area (Å²) >= 11 is 0. The number of likely N-dealkylation sites (tertiary alicyclic amines) is 1. The van der Waals surface area contributed by atoms with E-state index in [1.807, 2.05) is 0 Å². The van der Waals surface area contributed by atoms with E-state index in [2.05, 4.69) is 44.4 Å². The summed E-state index contributed by atoms with van der Waals surface area (Å²) in [6.45, 7) is 5.35. The van der Waals surface area contributed by atoms with Crippen LogP contribution in [0, 0.1) is 23.5 Å². The lowest BCUT2D eigenvalue weighted by atomic mass is 9.81. The van der Waals surface area contributed by atoms with E-state index in [-0.39, 0.29) is 12.0 Å². The van der Waals surface area contributed by atoms with Gasteiger partial charge in [0.15, 0.2) is 11.6 Å². The first-order chi connectivity index (χ1) is 18.0. The molecule has 0 bridgehead atoms. The van der Waals surface area contributed by atoms with Crippen molar-refractivity contribution >= 4 is 11.7 Å². The number of nitrogens with one attached hydrogen (secondary N) is 1. The van der Waals surface area contributed by atoms with Gasteiger partial charge >= 0.3 is 0 Å². The van der Waals surface area contributed by atoms with Gasteiger partial charge in [0.05, 0.1) is 6.10 Å². The molecule has 0 radical (unpaired) electrons. The van der Waals surface area contributed by atoms with Crippen LogP contribution in [0.5, 0.6) is 0 Å². The van der Waals surface area contributed by atoms with Crippen molar-refractivity contribution in [3.63, 3.8) is 0 Å². The number of oxazole rings is 1. The number of aliphatic hydroxyl groups is 1. The van der Waals surface area contributed by atoms with E-state index in [0.29, 0.717) is 29.1 Å². The van der Waals surface area contributed by atoms with Crippen molar-refractivity contribution in [3.8, 4) is 11.3 Å². The molecular weight excluding hydrogens is 474 g/mol. The van der Waals surface area contributed by atoms with Gasteiger partial charge in [0.1, 0.15) is 12.0 Å². The molecule has 0 aliphatic carbocycles. The Morgan fingerprint density at radius 2 is 1.78 bits per heavy atom. The van der Waals surface area contributed by atoms with Gasteiger partial charge in [-0.2, -0.15) is 4.98 Å². The van der Waals surface area contributed by atoms with Crippen molar-refractivity contribution in [2.75, 3.05) is 49.5 Å². The fraction of sp³-hybridized carbons (Fsp3) is 0.483. The Bertz CT molecular complexity index is 1220. The standard InChI is InChI=1S/C29H34F2N4O2/c30-24-6-5-21(15-25(24)31)27-18-37-29(33-27)35-13-9-20(10-14-35)28(36)17-34-11-7-19(8-12-34)23-16-32-26-4-2-1-3-22(23)26/h1-6,15,18-20,23,28,32,36H,7-14,16-17H2. The molecule has 2 unspecified atom stereocenters. The number of hydrogen-bond acceptors (Lipinski definition) is 6. The van der Waals surface area contributed by atoms with Crippen LogP contribution in [0.2, 0.25) is 0 Å². The Kier molecular flexibility index (Phi) is 6.86. The summed E-state index contributed by atoms with van der Waals surface area (Å²) in [6.07, 6.45) is 5.23. The molecule has 4 heterocycles. The molecule has 196 valence electrons. The van der Waals surface area contributed by atoms with Crippen LogP contribution in [0.3, 0.4) is 0 Å². The first kappa shape index (κ1) is 24.4. The molecule has 2 saturated heterocycles. The topological polar surface area (TPSA) is 64.8 Å². The molecule has 2 fully saturated rings. The third kappa shape index (κ3) is 5.09. The van der Waals surface area contributed by atoms with Crippen LogP contribution in [-0.4, -0.2) is 60.4 Å². The maximum Gasteiger partial charge on any atom is 0.297 e. The highest BCUT2D eigenvalue weighted by atomic mass is 19.2. The summed E-state index contributed by atoms with van der Waals surface area (Å²) in [5.74, 6) is -0.230. The maximum absolute atomic E-state index is 13.6. The van der Waals surface area contributed by atoms with E-state index in [0.717, 1.165) is 64.2 Å². The minimum atomic E-state index is -0.901. The van der Waals surface area contributed by atoms with Crippen LogP contribution in [0.4, 0.5) is 20.5 Å². The maximum atomic E-state index is 13.6. The van der Waals surface area contributed by atoms with Crippen molar-refractivity contribution in [2.45, 2.75) is 37.7 Å². The third-order valence-electron chi connectivity index (χ3n) is 8.58. The van der Waals surface area contributed by atoms with Gasteiger partial charge in [0.2, 0.25) is 0 Å². The second-order valence-corrected chi connectivity index (χ2v) is 10.7. The van der Waals surface area contributed by atoms with E-state index >= 15 is 0 Å². The summed E-state index contributed by atoms with van der Waals surface area (Å²) in [7, 11) is 0. The van der Waals surface area contributed by atoms with Gasteiger partial charge in [-0.1, -0.05) is 18.2 Å². The van der Waals surface area contributed by atoms with Crippen LogP contribution in [0.25, 0.3) is 11.3 Å². The molecule has 6 nitrogen and oxygen atoms in total. The Hall–Kier alpha value is -2.97. The molecule has 37 heavy (non-hydrogen) atoms. The molecule has 3 aliphatic rings. The van der Waals surface area contributed by atoms with Crippen LogP contribution in [0.15, 0.2) is 53.1 Å². The number of aliphatic hydroxyl groups excluding tert-OH is 1. The minimum Gasteiger partial charge on any atom is -0.431 e. The number of aromatic nitrogens is 1. The number of fused-ring (bicyclic) bond motifs is 1. The van der Waals surface area contributed by atoms with Gasteiger partial charge in [-0.25, -0.2) is 8.78 Å². The second kappa shape index (κ2) is 10.4. The molecule has 8 heteroatoms. The molecule has 6 rings (SSSR count). The van der Waals surface area contributed by atoms with Crippen LogP contribution < -0.4 is 10.2 Å². The van der Waals surface area contributed by atoms with Gasteiger partial charge in [-0.3, -0.25) is 0 Å². The van der Waals surface area contributed by atoms with Gasteiger partial charge in [0.25, 0.3) is 6.01 Å². The zero-order chi connectivity index (χ0) is 25.4. The van der Waals surface area contributed by atoms with Gasteiger partial charge in [-0.15, -0.1) is 0 Å². The summed E-state index contributed by atoms with van der Waals surface area (Å²) in [6, 6.07) is 12.9. The predicted octanol–water partition coefficient (Wildman–Crippen LogP) is 5.12. The number of halogens is 2. The molecule has 0 spiro atoms. The van der Waals surface area contributed by atoms with Crippen LogP contribution in [0.1, 0.15) is 37.2 Å². The zero-order valence-corrected chi connectivity index (χ0v) is 21.0. The Balaban J connectivity index is 0.972. The molecule has 3 aromatic rings. The average molecular weight is 509 g/mol. The quantitative estimate of drug-likeness (QED) is 0.482. The highest BCUT2D eigenvalue weighted by Crippen LogP contribution is 2.40. The molecule has 0 amide bonds. The number of para-hydroxylation sites is 1. The predicted molar refractivity (Wildman–Crippen MR) is 140 cm³/mol. The van der Waals surface area contributed by atoms with Gasteiger partial charge in [-0.05, 0) is 80.4 Å². The summed E-state index contributed by atoms with van der Waals surface area (Å²) in [5, 5.41) is 14.6. The third-order valence-corrected chi connectivity index (χ3v) is 8.58. The van der Waals surface area contributed by atoms with Gasteiger partial charge < -0.3 is 24.6 Å². The Morgan fingerprint density at radius 1 is 1.00 bits per heavy atom. The van der Waals surface area contributed by atoms with E-state index < -0.39 is 11.6 Å². The zero-order valence-electron chi connectivity index (χ0n) is 21.0. The smallest absolute Gasteiger partial charge is 0.297 e. The minimum absolute atomic E-state index is 0.250. The molecule has 1 aromatic heterocycles. The molecular formula is C29H34F2N4O2. The highest BCUT2D eigenvalue weighted by Gasteiger charge is 2.34. The lowest BCUT2D eigenvalue weighted by molar-refractivity contribution is 0.0393. The first-order valence-electron chi connectivity index (χ1n) is 13.4. The summed E-state index contributed by atoms with van der Waals surface area (Å²) < 4.78 is 32.5. The lowest BCUT2D eigenvalue weighted by Crippen LogP contribution is -2.45. The molecule has 2 aromatic carbocycles. The average Bonchev–Trinajstić information content (AvgIpc) is 3.59. The molecule has 0 saturated carbocycles. The van der Waals surface area contributed by atoms with E-state index in [4.69, 9.17) is 4.42 Å². The summed E-state index contributed by atoms with van der Waals surface area (Å²) in [4.78, 5) is 8.98. The van der Waals surface area contributed by atoms with Gasteiger partial charge in [0, 0.05) is 43.3 Å². The monoisotopic (exact) mass is 508 g/mol. The van der Waals surface area contributed by atoms with Crippen molar-refractivity contribution in [3.05, 3.63) is 65.9 Å². The van der Waals surface area contributed by atoms with E-state index in [1.165, 1.54) is 36.4 Å². The largest absolute Gasteiger partial charge is 0.431 e. The number of rotatable bonds is 6. The van der Waals surface area contributed by atoms with Crippen LogP contribution >= 0.6 is 0 Å². The SMILES string of the molecule is OC(CN1CCC(C2CNc3ccccc32)CC1)C1CCN(c2nc(-c3ccc(F)c(F)c3)co2)CC1. The number of β-amino-alcohol motifs (C(OH)–C–C–N with tert-alkyl or cyclic N) is 1. The summed E-state index contributed by atoms with van der Waals surface area (Å²) in [5.41, 5.74) is 3.73. The normalized spacial score (nSPS) is 22.1. The number of nitrogens with zero attached hydrogens (tertiary/aromatic N) is 3. The van der Waals surface area contributed by atoms with Crippen molar-refractivity contribution in [1.82, 2.24) is 9.88 Å².